The molecule has 2 rings (SSSR count). The van der Waals surface area contributed by atoms with Gasteiger partial charge in [-0.1, -0.05) is 32.0 Å². The van der Waals surface area contributed by atoms with Crippen molar-refractivity contribution in [2.45, 2.75) is 39.5 Å². The lowest BCUT2D eigenvalue weighted by molar-refractivity contribution is -0.121. The topological polar surface area (TPSA) is 70.6 Å². The Morgan fingerprint density at radius 1 is 1.35 bits per heavy atom. The molecule has 0 bridgehead atoms. The molecule has 2 amide bonds. The summed E-state index contributed by atoms with van der Waals surface area (Å²) in [7, 11) is 0. The van der Waals surface area contributed by atoms with Crippen LogP contribution in [0.25, 0.3) is 0 Å². The molecule has 0 spiro atoms. The van der Waals surface area contributed by atoms with E-state index in [2.05, 4.69) is 29.7 Å². The SMILES string of the molecule is Cc1cccc(C(C)C)c1NC(=O)C1=NNC(=O)CC1. The predicted molar refractivity (Wildman–Crippen MR) is 78.7 cm³/mol. The molecule has 1 aliphatic heterocycles. The van der Waals surface area contributed by atoms with Crippen LogP contribution in [0.5, 0.6) is 0 Å². The van der Waals surface area contributed by atoms with Crippen molar-refractivity contribution >= 4 is 23.2 Å². The zero-order valence-corrected chi connectivity index (χ0v) is 12.0. The van der Waals surface area contributed by atoms with Crippen LogP contribution in [0.3, 0.4) is 0 Å². The molecule has 1 heterocycles. The summed E-state index contributed by atoms with van der Waals surface area (Å²) < 4.78 is 0. The van der Waals surface area contributed by atoms with Gasteiger partial charge >= 0.3 is 0 Å². The van der Waals surface area contributed by atoms with E-state index in [4.69, 9.17) is 0 Å². The van der Waals surface area contributed by atoms with E-state index in [9.17, 15) is 9.59 Å². The van der Waals surface area contributed by atoms with Crippen LogP contribution in [0.4, 0.5) is 5.69 Å². The molecule has 0 saturated heterocycles. The van der Waals surface area contributed by atoms with E-state index < -0.39 is 0 Å². The van der Waals surface area contributed by atoms with Gasteiger partial charge in [0.05, 0.1) is 0 Å². The third-order valence-electron chi connectivity index (χ3n) is 3.33. The number of nitrogens with one attached hydrogen (secondary N) is 2. The lowest BCUT2D eigenvalue weighted by atomic mass is 9.98. The Kier molecular flexibility index (Phi) is 4.17. The number of amides is 2. The van der Waals surface area contributed by atoms with Gasteiger partial charge in [0.25, 0.3) is 5.91 Å². The number of rotatable bonds is 3. The number of hydrogen-bond donors (Lipinski definition) is 2. The van der Waals surface area contributed by atoms with Gasteiger partial charge in [0, 0.05) is 18.5 Å². The maximum Gasteiger partial charge on any atom is 0.271 e. The molecule has 20 heavy (non-hydrogen) atoms. The summed E-state index contributed by atoms with van der Waals surface area (Å²) in [6.45, 7) is 6.14. The molecule has 5 nitrogen and oxygen atoms in total. The molecule has 0 radical (unpaired) electrons. The second kappa shape index (κ2) is 5.86. The van der Waals surface area contributed by atoms with Crippen LogP contribution in [-0.4, -0.2) is 17.5 Å². The van der Waals surface area contributed by atoms with Crippen LogP contribution < -0.4 is 10.7 Å². The predicted octanol–water partition coefficient (Wildman–Crippen LogP) is 2.32. The van der Waals surface area contributed by atoms with Gasteiger partial charge in [-0.15, -0.1) is 0 Å². The molecule has 1 aliphatic rings. The van der Waals surface area contributed by atoms with Crippen molar-refractivity contribution in [2.75, 3.05) is 5.32 Å². The van der Waals surface area contributed by atoms with E-state index in [0.717, 1.165) is 16.8 Å². The summed E-state index contributed by atoms with van der Waals surface area (Å²) in [4.78, 5) is 23.2. The van der Waals surface area contributed by atoms with E-state index in [1.54, 1.807) is 0 Å². The summed E-state index contributed by atoms with van der Waals surface area (Å²) >= 11 is 0. The molecule has 0 atom stereocenters. The third-order valence-corrected chi connectivity index (χ3v) is 3.33. The first-order valence-electron chi connectivity index (χ1n) is 6.75. The van der Waals surface area contributed by atoms with Crippen molar-refractivity contribution in [2.24, 2.45) is 5.10 Å². The van der Waals surface area contributed by atoms with E-state index in [1.807, 2.05) is 25.1 Å². The minimum absolute atomic E-state index is 0.152. The van der Waals surface area contributed by atoms with Crippen LogP contribution in [0, 0.1) is 6.92 Å². The zero-order chi connectivity index (χ0) is 14.7. The third kappa shape index (κ3) is 3.04. The Labute approximate surface area is 118 Å². The molecule has 0 aromatic heterocycles. The van der Waals surface area contributed by atoms with Gasteiger partial charge in [0.1, 0.15) is 5.71 Å². The second-order valence-electron chi connectivity index (χ2n) is 5.24. The first-order chi connectivity index (χ1) is 9.49. The number of anilines is 1. The van der Waals surface area contributed by atoms with Crippen molar-refractivity contribution in [3.63, 3.8) is 0 Å². The van der Waals surface area contributed by atoms with Gasteiger partial charge in [-0.2, -0.15) is 5.10 Å². The van der Waals surface area contributed by atoms with Gasteiger partial charge in [-0.25, -0.2) is 5.43 Å². The quantitative estimate of drug-likeness (QED) is 0.887. The normalized spacial score (nSPS) is 14.8. The summed E-state index contributed by atoms with van der Waals surface area (Å²) in [6.07, 6.45) is 0.678. The Morgan fingerprint density at radius 2 is 2.10 bits per heavy atom. The molecule has 1 aromatic rings. The van der Waals surface area contributed by atoms with Crippen molar-refractivity contribution in [3.8, 4) is 0 Å². The largest absolute Gasteiger partial charge is 0.320 e. The highest BCUT2D eigenvalue weighted by Crippen LogP contribution is 2.27. The molecule has 106 valence electrons. The minimum atomic E-state index is -0.249. The van der Waals surface area contributed by atoms with Gasteiger partial charge in [0.2, 0.25) is 5.91 Å². The maximum atomic E-state index is 12.2. The molecular weight excluding hydrogens is 254 g/mol. The van der Waals surface area contributed by atoms with E-state index in [1.165, 1.54) is 0 Å². The Morgan fingerprint density at radius 3 is 2.70 bits per heavy atom. The fraction of sp³-hybridized carbons (Fsp3) is 0.400. The maximum absolute atomic E-state index is 12.2. The first kappa shape index (κ1) is 14.2. The summed E-state index contributed by atoms with van der Waals surface area (Å²) in [5, 5.41) is 6.74. The average Bonchev–Trinajstić information content (AvgIpc) is 2.41. The number of hydrogen-bond acceptors (Lipinski definition) is 3. The van der Waals surface area contributed by atoms with Gasteiger partial charge in [-0.3, -0.25) is 9.59 Å². The van der Waals surface area contributed by atoms with Crippen LogP contribution in [0.15, 0.2) is 23.3 Å². The summed E-state index contributed by atoms with van der Waals surface area (Å²) in [6, 6.07) is 5.96. The van der Waals surface area contributed by atoms with Crippen LogP contribution >= 0.6 is 0 Å². The molecule has 5 heteroatoms. The van der Waals surface area contributed by atoms with Crippen LogP contribution in [0.2, 0.25) is 0 Å². The van der Waals surface area contributed by atoms with Crippen LogP contribution in [0.1, 0.15) is 43.7 Å². The van der Waals surface area contributed by atoms with E-state index in [0.29, 0.717) is 24.5 Å². The molecule has 0 saturated carbocycles. The van der Waals surface area contributed by atoms with E-state index >= 15 is 0 Å². The molecular formula is C15H19N3O2. The number of carbonyl (C=O) groups is 2. The number of benzene rings is 1. The number of aryl methyl sites for hydroxylation is 1. The molecule has 0 unspecified atom stereocenters. The lowest BCUT2D eigenvalue weighted by Crippen LogP contribution is -2.33. The van der Waals surface area contributed by atoms with Crippen molar-refractivity contribution < 1.29 is 9.59 Å². The fourth-order valence-electron chi connectivity index (χ4n) is 2.17. The Bertz CT molecular complexity index is 576. The molecule has 2 N–H and O–H groups in total. The number of para-hydroxylation sites is 1. The molecule has 1 aromatic carbocycles. The monoisotopic (exact) mass is 273 g/mol. The van der Waals surface area contributed by atoms with E-state index in [-0.39, 0.29) is 11.8 Å². The van der Waals surface area contributed by atoms with Gasteiger partial charge in [0.15, 0.2) is 0 Å². The van der Waals surface area contributed by atoms with Gasteiger partial charge in [-0.05, 0) is 24.0 Å². The number of nitrogens with zero attached hydrogens (tertiary/aromatic N) is 1. The first-order valence-corrected chi connectivity index (χ1v) is 6.75. The highest BCUT2D eigenvalue weighted by molar-refractivity contribution is 6.43. The molecule has 0 aliphatic carbocycles. The Hall–Kier alpha value is -2.17. The van der Waals surface area contributed by atoms with Crippen molar-refractivity contribution in [3.05, 3.63) is 29.3 Å². The highest BCUT2D eigenvalue weighted by Gasteiger charge is 2.20. The fourth-order valence-corrected chi connectivity index (χ4v) is 2.17. The van der Waals surface area contributed by atoms with Crippen molar-refractivity contribution in [1.29, 1.82) is 0 Å². The highest BCUT2D eigenvalue weighted by atomic mass is 16.2. The van der Waals surface area contributed by atoms with Gasteiger partial charge < -0.3 is 5.32 Å². The number of carbonyl (C=O) groups excluding carboxylic acids is 2. The van der Waals surface area contributed by atoms with Crippen molar-refractivity contribution in [1.82, 2.24) is 5.43 Å². The molecule has 0 fully saturated rings. The number of hydrazone groups is 1. The zero-order valence-electron chi connectivity index (χ0n) is 12.0. The average molecular weight is 273 g/mol. The van der Waals surface area contributed by atoms with Crippen LogP contribution in [-0.2, 0) is 9.59 Å². The summed E-state index contributed by atoms with van der Waals surface area (Å²) in [5.41, 5.74) is 5.66. The minimum Gasteiger partial charge on any atom is -0.320 e. The second-order valence-corrected chi connectivity index (χ2v) is 5.24. The standard InChI is InChI=1S/C15H19N3O2/c1-9(2)11-6-4-5-10(3)14(11)16-15(20)12-7-8-13(19)18-17-12/h4-6,9H,7-8H2,1-3H3,(H,16,20)(H,18,19). The summed E-state index contributed by atoms with van der Waals surface area (Å²) in [5.74, 6) is -0.0836. The Balaban J connectivity index is 2.22. The smallest absolute Gasteiger partial charge is 0.271 e. The lowest BCUT2D eigenvalue weighted by Gasteiger charge is -2.18.